The number of nitrogens with zero attached hydrogens (tertiary/aromatic N) is 4. The summed E-state index contributed by atoms with van der Waals surface area (Å²) in [6, 6.07) is 9.82. The number of hydrogen-bond donors (Lipinski definition) is 1. The quantitative estimate of drug-likeness (QED) is 0.569. The predicted octanol–water partition coefficient (Wildman–Crippen LogP) is 2.78. The average Bonchev–Trinajstić information content (AvgIpc) is 3.07. The molecule has 0 saturated carbocycles. The zero-order valence-corrected chi connectivity index (χ0v) is 20.1. The number of fused-ring (bicyclic) bond motifs is 1. The lowest BCUT2D eigenvalue weighted by Crippen LogP contribution is -2.22. The minimum atomic E-state index is -3.58. The second kappa shape index (κ2) is 9.42. The molecule has 1 heterocycles. The van der Waals surface area contributed by atoms with Crippen molar-refractivity contribution in [2.24, 2.45) is 5.73 Å². The Kier molecular flexibility index (Phi) is 7.01. The maximum atomic E-state index is 14.3. The molecule has 2 aromatic carbocycles. The Bertz CT molecular complexity index is 1330. The molecule has 0 aliphatic heterocycles. The van der Waals surface area contributed by atoms with Crippen LogP contribution in [0, 0.1) is 6.92 Å². The third kappa shape index (κ3) is 4.82. The van der Waals surface area contributed by atoms with Crippen molar-refractivity contribution >= 4 is 27.0 Å². The number of carbonyl (C=O) groups excluding carboxylic acids is 1. The summed E-state index contributed by atoms with van der Waals surface area (Å²) in [5, 5.41) is 0. The fourth-order valence-corrected chi connectivity index (χ4v) is 4.40. The lowest BCUT2D eigenvalue weighted by atomic mass is 10.0. The molecule has 1 amide bonds. The van der Waals surface area contributed by atoms with E-state index in [-0.39, 0.29) is 23.9 Å². The number of aryl methyl sites for hydroxylation is 1. The van der Waals surface area contributed by atoms with E-state index in [1.165, 1.54) is 37.2 Å². The van der Waals surface area contributed by atoms with Gasteiger partial charge in [-0.2, -0.15) is 0 Å². The SMILES string of the molecule is Cc1nc2c(-c3ccc(S(=O)(=O)N(C)C)cc3)cc(C(=O)N(C)C)cc2n1C/C(F)=C/CN. The highest BCUT2D eigenvalue weighted by Gasteiger charge is 2.20. The van der Waals surface area contributed by atoms with E-state index >= 15 is 0 Å². The number of carbonyl (C=O) groups is 1. The van der Waals surface area contributed by atoms with E-state index in [1.54, 1.807) is 49.9 Å². The minimum Gasteiger partial charge on any atom is -0.345 e. The molecule has 176 valence electrons. The number of nitrogens with two attached hydrogens (primary N) is 1. The summed E-state index contributed by atoms with van der Waals surface area (Å²) in [6.07, 6.45) is 1.30. The second-order valence-corrected chi connectivity index (χ2v) is 10.2. The Labute approximate surface area is 193 Å². The molecule has 0 spiro atoms. The van der Waals surface area contributed by atoms with Crippen LogP contribution in [-0.2, 0) is 16.6 Å². The molecule has 0 radical (unpaired) electrons. The first-order chi connectivity index (χ1) is 15.5. The molecular formula is C23H28FN5O3S. The number of rotatable bonds is 7. The van der Waals surface area contributed by atoms with Crippen LogP contribution in [-0.4, -0.2) is 67.8 Å². The Morgan fingerprint density at radius 3 is 2.33 bits per heavy atom. The number of sulfonamides is 1. The van der Waals surface area contributed by atoms with Gasteiger partial charge in [-0.15, -0.1) is 0 Å². The predicted molar refractivity (Wildman–Crippen MR) is 127 cm³/mol. The lowest BCUT2D eigenvalue weighted by molar-refractivity contribution is 0.0827. The summed E-state index contributed by atoms with van der Waals surface area (Å²) in [7, 11) is 2.66. The van der Waals surface area contributed by atoms with Crippen molar-refractivity contribution in [3.8, 4) is 11.1 Å². The highest BCUT2D eigenvalue weighted by Crippen LogP contribution is 2.32. The third-order valence-electron chi connectivity index (χ3n) is 5.29. The van der Waals surface area contributed by atoms with E-state index in [4.69, 9.17) is 5.73 Å². The standard InChI is InChI=1S/C23H28FN5O3S/c1-15-26-22-20(16-6-8-19(9-7-16)33(31,32)28(4)5)12-17(23(30)27(2)3)13-21(22)29(15)14-18(24)10-11-25/h6-10,12-13H,11,14,25H2,1-5H3/b18-10-. The van der Waals surface area contributed by atoms with Gasteiger partial charge in [0.2, 0.25) is 10.0 Å². The zero-order valence-electron chi connectivity index (χ0n) is 19.3. The molecule has 10 heteroatoms. The molecule has 0 unspecified atom stereocenters. The number of aromatic nitrogens is 2. The molecule has 0 bridgehead atoms. The van der Waals surface area contributed by atoms with Crippen LogP contribution < -0.4 is 5.73 Å². The fourth-order valence-electron chi connectivity index (χ4n) is 3.50. The van der Waals surface area contributed by atoms with Crippen LogP contribution in [0.25, 0.3) is 22.2 Å². The molecule has 1 aromatic heterocycles. The molecule has 33 heavy (non-hydrogen) atoms. The highest BCUT2D eigenvalue weighted by molar-refractivity contribution is 7.89. The van der Waals surface area contributed by atoms with Gasteiger partial charge in [0.25, 0.3) is 5.91 Å². The van der Waals surface area contributed by atoms with Crippen molar-refractivity contribution in [2.75, 3.05) is 34.7 Å². The van der Waals surface area contributed by atoms with Gasteiger partial charge in [-0.05, 0) is 42.8 Å². The van der Waals surface area contributed by atoms with Crippen molar-refractivity contribution in [3.05, 3.63) is 59.7 Å². The van der Waals surface area contributed by atoms with E-state index in [1.807, 2.05) is 0 Å². The first-order valence-electron chi connectivity index (χ1n) is 10.3. The maximum Gasteiger partial charge on any atom is 0.253 e. The van der Waals surface area contributed by atoms with Gasteiger partial charge in [0.05, 0.1) is 22.5 Å². The summed E-state index contributed by atoms with van der Waals surface area (Å²) < 4.78 is 42.0. The number of halogens is 1. The van der Waals surface area contributed by atoms with Crippen LogP contribution in [0.2, 0.25) is 0 Å². The topological polar surface area (TPSA) is 102 Å². The van der Waals surface area contributed by atoms with Gasteiger partial charge in [-0.1, -0.05) is 12.1 Å². The van der Waals surface area contributed by atoms with Crippen LogP contribution in [0.15, 0.2) is 53.2 Å². The molecule has 8 nitrogen and oxygen atoms in total. The first kappa shape index (κ1) is 24.6. The minimum absolute atomic E-state index is 0.0569. The van der Waals surface area contributed by atoms with Crippen molar-refractivity contribution in [2.45, 2.75) is 18.4 Å². The fraction of sp³-hybridized carbons (Fsp3) is 0.304. The smallest absolute Gasteiger partial charge is 0.253 e. The largest absolute Gasteiger partial charge is 0.345 e. The van der Waals surface area contributed by atoms with Gasteiger partial charge in [-0.25, -0.2) is 22.1 Å². The number of amides is 1. The number of allylic oxidation sites excluding steroid dienone is 1. The van der Waals surface area contributed by atoms with E-state index in [9.17, 15) is 17.6 Å². The van der Waals surface area contributed by atoms with Crippen molar-refractivity contribution < 1.29 is 17.6 Å². The van der Waals surface area contributed by atoms with Gasteiger partial charge in [0.15, 0.2) is 0 Å². The molecule has 0 saturated heterocycles. The van der Waals surface area contributed by atoms with Gasteiger partial charge < -0.3 is 15.2 Å². The van der Waals surface area contributed by atoms with Crippen LogP contribution in [0.1, 0.15) is 16.2 Å². The van der Waals surface area contributed by atoms with Crippen molar-refractivity contribution in [3.63, 3.8) is 0 Å². The Morgan fingerprint density at radius 2 is 1.79 bits per heavy atom. The number of benzene rings is 2. The maximum absolute atomic E-state index is 14.3. The Balaban J connectivity index is 2.24. The van der Waals surface area contributed by atoms with Crippen LogP contribution in [0.5, 0.6) is 0 Å². The number of imidazole rings is 1. The van der Waals surface area contributed by atoms with E-state index < -0.39 is 15.9 Å². The van der Waals surface area contributed by atoms with Crippen LogP contribution in [0.3, 0.4) is 0 Å². The van der Waals surface area contributed by atoms with Gasteiger partial charge in [0, 0.05) is 45.9 Å². The summed E-state index contributed by atoms with van der Waals surface area (Å²) in [5.41, 5.74) is 8.37. The molecule has 0 atom stereocenters. The molecule has 0 aliphatic carbocycles. The second-order valence-electron chi connectivity index (χ2n) is 8.03. The Hall–Kier alpha value is -3.08. The van der Waals surface area contributed by atoms with Gasteiger partial charge in [0.1, 0.15) is 11.7 Å². The normalized spacial score (nSPS) is 12.5. The molecular weight excluding hydrogens is 445 g/mol. The number of hydrogen-bond acceptors (Lipinski definition) is 5. The molecule has 2 N–H and O–H groups in total. The monoisotopic (exact) mass is 473 g/mol. The molecule has 0 aliphatic rings. The van der Waals surface area contributed by atoms with Crippen molar-refractivity contribution in [1.82, 2.24) is 18.8 Å². The average molecular weight is 474 g/mol. The van der Waals surface area contributed by atoms with Crippen LogP contribution in [0.4, 0.5) is 4.39 Å². The lowest BCUT2D eigenvalue weighted by Gasteiger charge is -2.14. The Morgan fingerprint density at radius 1 is 1.15 bits per heavy atom. The van der Waals surface area contributed by atoms with Crippen LogP contribution >= 0.6 is 0 Å². The van der Waals surface area contributed by atoms with E-state index in [0.717, 1.165) is 4.31 Å². The zero-order chi connectivity index (χ0) is 24.5. The first-order valence-corrected chi connectivity index (χ1v) is 11.7. The summed E-state index contributed by atoms with van der Waals surface area (Å²) in [5.74, 6) is -0.0366. The third-order valence-corrected chi connectivity index (χ3v) is 7.12. The van der Waals surface area contributed by atoms with E-state index in [2.05, 4.69) is 4.98 Å². The van der Waals surface area contributed by atoms with E-state index in [0.29, 0.717) is 33.5 Å². The van der Waals surface area contributed by atoms with Crippen molar-refractivity contribution in [1.29, 1.82) is 0 Å². The molecule has 3 aromatic rings. The summed E-state index contributed by atoms with van der Waals surface area (Å²) >= 11 is 0. The molecule has 0 fully saturated rings. The summed E-state index contributed by atoms with van der Waals surface area (Å²) in [6.45, 7) is 1.79. The summed E-state index contributed by atoms with van der Waals surface area (Å²) in [4.78, 5) is 19.0. The highest BCUT2D eigenvalue weighted by atomic mass is 32.2. The molecule has 3 rings (SSSR count). The van der Waals surface area contributed by atoms with Gasteiger partial charge in [-0.3, -0.25) is 4.79 Å². The van der Waals surface area contributed by atoms with Gasteiger partial charge >= 0.3 is 0 Å².